The fourth-order valence-corrected chi connectivity index (χ4v) is 3.39. The second-order valence-electron chi connectivity index (χ2n) is 7.32. The molecule has 2 amide bonds. The minimum absolute atomic E-state index is 0.268. The summed E-state index contributed by atoms with van der Waals surface area (Å²) in [5.41, 5.74) is 1.47. The van der Waals surface area contributed by atoms with Crippen LogP contribution in [0.1, 0.15) is 15.9 Å². The van der Waals surface area contributed by atoms with Gasteiger partial charge in [-0.05, 0) is 29.8 Å². The van der Waals surface area contributed by atoms with Gasteiger partial charge in [0.2, 0.25) is 5.91 Å². The summed E-state index contributed by atoms with van der Waals surface area (Å²) >= 11 is 0. The van der Waals surface area contributed by atoms with Crippen LogP contribution in [0.15, 0.2) is 84.9 Å². The van der Waals surface area contributed by atoms with Crippen molar-refractivity contribution in [2.45, 2.75) is 18.6 Å². The molecule has 3 aromatic rings. The fraction of sp³-hybridized carbons (Fsp3) is 0.200. The number of ether oxygens (including phenoxy) is 2. The van der Waals surface area contributed by atoms with Crippen molar-refractivity contribution < 1.29 is 19.1 Å². The van der Waals surface area contributed by atoms with Gasteiger partial charge in [0, 0.05) is 12.0 Å². The Morgan fingerprint density at radius 3 is 2.26 bits per heavy atom. The predicted octanol–water partition coefficient (Wildman–Crippen LogP) is 2.98. The molecular weight excluding hydrogens is 392 g/mol. The third-order valence-corrected chi connectivity index (χ3v) is 5.01. The number of fused-ring (bicyclic) bond motifs is 1. The van der Waals surface area contributed by atoms with E-state index >= 15 is 0 Å². The third kappa shape index (κ3) is 5.42. The van der Waals surface area contributed by atoms with Crippen molar-refractivity contribution in [1.29, 1.82) is 0 Å². The van der Waals surface area contributed by atoms with Crippen LogP contribution >= 0.6 is 0 Å². The summed E-state index contributed by atoms with van der Waals surface area (Å²) < 4.78 is 11.6. The van der Waals surface area contributed by atoms with Gasteiger partial charge in [0.05, 0.1) is 6.54 Å². The van der Waals surface area contributed by atoms with Gasteiger partial charge in [0.1, 0.15) is 18.8 Å². The van der Waals surface area contributed by atoms with Crippen molar-refractivity contribution in [3.05, 3.63) is 96.1 Å². The maximum absolute atomic E-state index is 13.0. The van der Waals surface area contributed by atoms with E-state index in [0.29, 0.717) is 30.1 Å². The Morgan fingerprint density at radius 1 is 0.871 bits per heavy atom. The van der Waals surface area contributed by atoms with Crippen LogP contribution in [0.5, 0.6) is 11.5 Å². The summed E-state index contributed by atoms with van der Waals surface area (Å²) in [6.45, 7) is 0.622. The molecule has 0 saturated carbocycles. The van der Waals surface area contributed by atoms with E-state index in [-0.39, 0.29) is 24.5 Å². The number of para-hydroxylation sites is 2. The van der Waals surface area contributed by atoms with Gasteiger partial charge in [0.15, 0.2) is 11.5 Å². The molecule has 6 nitrogen and oxygen atoms in total. The van der Waals surface area contributed by atoms with Crippen LogP contribution in [0.25, 0.3) is 0 Å². The van der Waals surface area contributed by atoms with Crippen LogP contribution in [-0.4, -0.2) is 37.1 Å². The minimum Gasteiger partial charge on any atom is -0.486 e. The molecule has 0 bridgehead atoms. The quantitative estimate of drug-likeness (QED) is 0.621. The molecule has 1 aliphatic heterocycles. The van der Waals surface area contributed by atoms with Gasteiger partial charge in [-0.15, -0.1) is 0 Å². The largest absolute Gasteiger partial charge is 0.486 e. The van der Waals surface area contributed by atoms with E-state index in [9.17, 15) is 9.59 Å². The van der Waals surface area contributed by atoms with Gasteiger partial charge < -0.3 is 20.1 Å². The monoisotopic (exact) mass is 416 g/mol. The molecule has 0 aromatic heterocycles. The lowest BCUT2D eigenvalue weighted by molar-refractivity contribution is -0.123. The van der Waals surface area contributed by atoms with Crippen LogP contribution in [0.2, 0.25) is 0 Å². The first-order chi connectivity index (χ1) is 15.2. The highest BCUT2D eigenvalue weighted by molar-refractivity contribution is 5.97. The molecule has 0 aliphatic carbocycles. The number of benzene rings is 3. The zero-order valence-corrected chi connectivity index (χ0v) is 17.0. The third-order valence-electron chi connectivity index (χ3n) is 5.01. The van der Waals surface area contributed by atoms with Crippen molar-refractivity contribution in [1.82, 2.24) is 10.6 Å². The van der Waals surface area contributed by atoms with Gasteiger partial charge in [-0.3, -0.25) is 9.59 Å². The molecule has 0 spiro atoms. The minimum atomic E-state index is -0.716. The number of carbonyl (C=O) groups excluding carboxylic acids is 2. The Bertz CT molecular complexity index is 1020. The number of hydrogen-bond acceptors (Lipinski definition) is 4. The molecule has 158 valence electrons. The molecule has 0 unspecified atom stereocenters. The van der Waals surface area contributed by atoms with Crippen molar-refractivity contribution in [2.75, 3.05) is 13.2 Å². The summed E-state index contributed by atoms with van der Waals surface area (Å²) in [6, 6.07) is 25.2. The van der Waals surface area contributed by atoms with Crippen LogP contribution in [-0.2, 0) is 11.2 Å². The van der Waals surface area contributed by atoms with Crippen LogP contribution in [0, 0.1) is 0 Å². The molecule has 1 aliphatic rings. The molecule has 31 heavy (non-hydrogen) atoms. The molecule has 0 saturated heterocycles. The first kappa shape index (κ1) is 20.5. The standard InChI is InChI=1S/C25H24N2O4/c28-24(19-11-5-2-6-12-19)27-21(15-18-9-3-1-4-10-18)25(29)26-16-20-17-30-22-13-7-8-14-23(22)31-20/h1-14,20-21H,15-17H2,(H,26,29)(H,27,28)/t20-,21+/m0/s1. The van der Waals surface area contributed by atoms with E-state index in [1.807, 2.05) is 60.7 Å². The second kappa shape index (κ2) is 9.80. The van der Waals surface area contributed by atoms with Gasteiger partial charge >= 0.3 is 0 Å². The Labute approximate surface area is 181 Å². The van der Waals surface area contributed by atoms with E-state index in [4.69, 9.17) is 9.47 Å². The number of hydrogen-bond donors (Lipinski definition) is 2. The molecule has 6 heteroatoms. The van der Waals surface area contributed by atoms with Gasteiger partial charge in [-0.25, -0.2) is 0 Å². The van der Waals surface area contributed by atoms with E-state index in [1.54, 1.807) is 24.3 Å². The molecule has 2 N–H and O–H groups in total. The average Bonchev–Trinajstić information content (AvgIpc) is 2.83. The van der Waals surface area contributed by atoms with E-state index in [2.05, 4.69) is 10.6 Å². The lowest BCUT2D eigenvalue weighted by Crippen LogP contribution is -2.51. The predicted molar refractivity (Wildman–Crippen MR) is 117 cm³/mol. The summed E-state index contributed by atoms with van der Waals surface area (Å²) in [6.07, 6.45) is 0.0804. The topological polar surface area (TPSA) is 76.7 Å². The van der Waals surface area contributed by atoms with Crippen molar-refractivity contribution in [3.8, 4) is 11.5 Å². The Morgan fingerprint density at radius 2 is 1.52 bits per heavy atom. The summed E-state index contributed by atoms with van der Waals surface area (Å²) in [5.74, 6) is 0.798. The van der Waals surface area contributed by atoms with Crippen molar-refractivity contribution in [3.63, 3.8) is 0 Å². The fourth-order valence-electron chi connectivity index (χ4n) is 3.39. The highest BCUT2D eigenvalue weighted by Crippen LogP contribution is 2.30. The summed E-state index contributed by atoms with van der Waals surface area (Å²) in [5, 5.41) is 5.76. The number of nitrogens with one attached hydrogen (secondary N) is 2. The van der Waals surface area contributed by atoms with Crippen LogP contribution < -0.4 is 20.1 Å². The lowest BCUT2D eigenvalue weighted by Gasteiger charge is -2.27. The van der Waals surface area contributed by atoms with Crippen LogP contribution in [0.3, 0.4) is 0 Å². The zero-order chi connectivity index (χ0) is 21.5. The lowest BCUT2D eigenvalue weighted by atomic mass is 10.0. The molecule has 2 atom stereocenters. The first-order valence-electron chi connectivity index (χ1n) is 10.2. The normalized spacial score (nSPS) is 15.5. The smallest absolute Gasteiger partial charge is 0.251 e. The number of carbonyl (C=O) groups is 2. The van der Waals surface area contributed by atoms with Gasteiger partial charge in [-0.1, -0.05) is 60.7 Å². The molecule has 0 radical (unpaired) electrons. The second-order valence-corrected chi connectivity index (χ2v) is 7.32. The Kier molecular flexibility index (Phi) is 6.47. The van der Waals surface area contributed by atoms with E-state index < -0.39 is 6.04 Å². The SMILES string of the molecule is O=C(N[C@H](Cc1ccccc1)C(=O)NC[C@H]1COc2ccccc2O1)c1ccccc1. The van der Waals surface area contributed by atoms with Gasteiger partial charge in [0.25, 0.3) is 5.91 Å². The molecular formula is C25H24N2O4. The summed E-state index contributed by atoms with van der Waals surface area (Å²) in [7, 11) is 0. The first-order valence-corrected chi connectivity index (χ1v) is 10.2. The van der Waals surface area contributed by atoms with E-state index in [0.717, 1.165) is 5.56 Å². The molecule has 3 aromatic carbocycles. The Hall–Kier alpha value is -3.80. The van der Waals surface area contributed by atoms with Crippen molar-refractivity contribution in [2.24, 2.45) is 0 Å². The summed E-state index contributed by atoms with van der Waals surface area (Å²) in [4.78, 5) is 25.6. The van der Waals surface area contributed by atoms with Crippen LogP contribution in [0.4, 0.5) is 0 Å². The zero-order valence-electron chi connectivity index (χ0n) is 17.0. The number of amides is 2. The molecule has 0 fully saturated rings. The Balaban J connectivity index is 1.40. The highest BCUT2D eigenvalue weighted by atomic mass is 16.6. The van der Waals surface area contributed by atoms with E-state index in [1.165, 1.54) is 0 Å². The number of rotatable bonds is 7. The molecule has 1 heterocycles. The average molecular weight is 416 g/mol. The maximum Gasteiger partial charge on any atom is 0.251 e. The van der Waals surface area contributed by atoms with Crippen molar-refractivity contribution >= 4 is 11.8 Å². The molecule has 4 rings (SSSR count). The highest BCUT2D eigenvalue weighted by Gasteiger charge is 2.25. The maximum atomic E-state index is 13.0. The van der Waals surface area contributed by atoms with Gasteiger partial charge in [-0.2, -0.15) is 0 Å².